The lowest BCUT2D eigenvalue weighted by molar-refractivity contribution is -0.126. The number of hydrogen-bond acceptors (Lipinski definition) is 14. The zero-order valence-corrected chi connectivity index (χ0v) is 62.9. The first-order valence-corrected chi connectivity index (χ1v) is 35.6. The Morgan fingerprint density at radius 2 is 1.08 bits per heavy atom. The van der Waals surface area contributed by atoms with E-state index in [-0.39, 0.29) is 29.9 Å². The van der Waals surface area contributed by atoms with Gasteiger partial charge < -0.3 is 41.6 Å². The number of nitrogens with one attached hydrogen (secondary N) is 5. The van der Waals surface area contributed by atoms with Gasteiger partial charge in [-0.15, -0.1) is 0 Å². The number of benzene rings is 3. The van der Waals surface area contributed by atoms with E-state index < -0.39 is 0 Å². The third-order valence-electron chi connectivity index (χ3n) is 12.8. The fourth-order valence-electron chi connectivity index (χ4n) is 7.85. The molecule has 0 spiro atoms. The lowest BCUT2D eigenvalue weighted by Gasteiger charge is -2.26. The number of nitrogens with two attached hydrogens (primary N) is 1. The van der Waals surface area contributed by atoms with Gasteiger partial charge in [0.05, 0.1) is 18.1 Å². The van der Waals surface area contributed by atoms with Crippen LogP contribution in [-0.4, -0.2) is 160 Å². The van der Waals surface area contributed by atoms with Gasteiger partial charge >= 0.3 is 0 Å². The Labute approximate surface area is 572 Å². The Bertz CT molecular complexity index is 2100. The van der Waals surface area contributed by atoms with Crippen molar-refractivity contribution in [3.63, 3.8) is 0 Å². The predicted molar refractivity (Wildman–Crippen MR) is 405 cm³/mol. The first-order chi connectivity index (χ1) is 44.7. The maximum atomic E-state index is 10.7. The second-order valence-electron chi connectivity index (χ2n) is 19.0. The highest BCUT2D eigenvalue weighted by atomic mass is 32.2. The minimum absolute atomic E-state index is 0.0695. The topological polar surface area (TPSA) is 202 Å². The molecule has 7 N–H and O–H groups in total. The third kappa shape index (κ3) is 58.1. The van der Waals surface area contributed by atoms with Crippen LogP contribution in [-0.2, 0) is 28.8 Å². The molecule has 92 heavy (non-hydrogen) atoms. The molecule has 2 saturated heterocycles. The summed E-state index contributed by atoms with van der Waals surface area (Å²) in [6, 6.07) is 30.6. The summed E-state index contributed by atoms with van der Waals surface area (Å²) in [6.07, 6.45) is 22.9. The summed E-state index contributed by atoms with van der Waals surface area (Å²) in [7, 11) is 9.86. The van der Waals surface area contributed by atoms with E-state index in [0.717, 1.165) is 85.3 Å². The van der Waals surface area contributed by atoms with Gasteiger partial charge in [-0.3, -0.25) is 37.9 Å². The summed E-state index contributed by atoms with van der Waals surface area (Å²) >= 11 is 3.86. The monoisotopic (exact) mass is 1320 g/mol. The van der Waals surface area contributed by atoms with E-state index in [9.17, 15) is 28.8 Å². The number of nitrogens with zero attached hydrogens (tertiary/aromatic N) is 4. The molecule has 4 atom stereocenters. The fraction of sp³-hybridized carbons (Fsp3) is 0.568. The average molecular weight is 1320 g/mol. The van der Waals surface area contributed by atoms with Crippen molar-refractivity contribution in [3.05, 3.63) is 157 Å². The molecule has 2 aliphatic heterocycles. The van der Waals surface area contributed by atoms with Gasteiger partial charge in [-0.05, 0) is 129 Å². The van der Waals surface area contributed by atoms with Crippen molar-refractivity contribution in [1.82, 2.24) is 45.0 Å². The summed E-state index contributed by atoms with van der Waals surface area (Å²) in [5, 5.41) is 13.0. The summed E-state index contributed by atoms with van der Waals surface area (Å²) in [6.45, 7) is 44.4. The van der Waals surface area contributed by atoms with Crippen molar-refractivity contribution in [2.24, 2.45) is 5.73 Å². The molecule has 528 valence electrons. The molecule has 3 aromatic carbocycles. The molecule has 0 aliphatic carbocycles. The Morgan fingerprint density at radius 1 is 0.652 bits per heavy atom. The number of imide groups is 1. The van der Waals surface area contributed by atoms with Crippen molar-refractivity contribution < 1.29 is 28.8 Å². The maximum absolute atomic E-state index is 10.7. The Kier molecular flexibility index (Phi) is 86.3. The highest BCUT2D eigenvalue weighted by Gasteiger charge is 2.27. The molecule has 0 saturated carbocycles. The smallest absolute Gasteiger partial charge is 0.243 e. The van der Waals surface area contributed by atoms with Crippen molar-refractivity contribution in [2.45, 2.75) is 192 Å². The molecule has 2 aliphatic rings. The van der Waals surface area contributed by atoms with Crippen LogP contribution < -0.4 is 32.3 Å². The van der Waals surface area contributed by atoms with E-state index >= 15 is 0 Å². The molecule has 3 aromatic rings. The van der Waals surface area contributed by atoms with E-state index in [1.165, 1.54) is 57.5 Å². The molecule has 2 fully saturated rings. The van der Waals surface area contributed by atoms with E-state index in [0.29, 0.717) is 25.7 Å². The quantitative estimate of drug-likeness (QED) is 0.0121. The Balaban J connectivity index is -0.000000194. The van der Waals surface area contributed by atoms with Crippen LogP contribution in [0.5, 0.6) is 0 Å². The number of carbonyl (C=O) groups is 6. The fourth-order valence-corrected chi connectivity index (χ4v) is 9.69. The minimum Gasteiger partial charge on any atom is -0.370 e. The second kappa shape index (κ2) is 79.5. The molecule has 5 amide bonds. The summed E-state index contributed by atoms with van der Waals surface area (Å²) in [5.41, 5.74) is 8.75. The largest absolute Gasteiger partial charge is 0.370 e. The number of likely N-dealkylation sites (tertiary alicyclic amines) is 2. The minimum atomic E-state index is -0.312. The van der Waals surface area contributed by atoms with Gasteiger partial charge in [0, 0.05) is 62.6 Å². The molecule has 0 aromatic heterocycles. The van der Waals surface area contributed by atoms with E-state index in [1.807, 2.05) is 210 Å². The van der Waals surface area contributed by atoms with Gasteiger partial charge in [0.2, 0.25) is 31.0 Å². The van der Waals surface area contributed by atoms with Crippen molar-refractivity contribution >= 4 is 61.2 Å². The van der Waals surface area contributed by atoms with Crippen LogP contribution in [0.25, 0.3) is 0 Å². The van der Waals surface area contributed by atoms with Gasteiger partial charge in [0.15, 0.2) is 0 Å². The van der Waals surface area contributed by atoms with Gasteiger partial charge in [-0.25, -0.2) is 0 Å². The van der Waals surface area contributed by atoms with Gasteiger partial charge in [0.25, 0.3) is 0 Å². The zero-order chi connectivity index (χ0) is 71.6. The number of amides is 5. The number of primary amides is 1. The molecule has 16 nitrogen and oxygen atoms in total. The Hall–Kier alpha value is -5.70. The highest BCUT2D eigenvalue weighted by molar-refractivity contribution is 7.97. The first kappa shape index (κ1) is 99.9. The average Bonchev–Trinajstić information content (AvgIpc) is 1.49. The molecule has 18 heteroatoms. The molecule has 4 unspecified atom stereocenters. The lowest BCUT2D eigenvalue weighted by Crippen LogP contribution is -2.39. The number of carbonyl (C=O) groups excluding carboxylic acids is 6. The zero-order valence-electron chi connectivity index (χ0n) is 61.3. The molecular weight excluding hydrogens is 1190 g/mol. The van der Waals surface area contributed by atoms with Crippen LogP contribution >= 0.6 is 23.9 Å². The van der Waals surface area contributed by atoms with E-state index in [4.69, 9.17) is 0 Å². The van der Waals surface area contributed by atoms with E-state index in [1.54, 1.807) is 33.0 Å². The maximum Gasteiger partial charge on any atom is 0.243 e. The van der Waals surface area contributed by atoms with Crippen LogP contribution in [0.1, 0.15) is 190 Å². The SMILES string of the molecule is C=C/C=C(\C=C)C(NC=O)c1ccccc1.CC.CC.CC.CC.CC.CCC(N)=O.CCN(CCC=O)SCC/C=C/CCSN(CC)CCC1CCC(C)N1C.CN1CCCC1.CNC.CNC(C)C(=O)NC=O.O=CNC(c1ccccc1)c1ccccc1. The molecular formula is C74H134N10O6S2. The second-order valence-corrected chi connectivity index (χ2v) is 21.4. The van der Waals surface area contributed by atoms with Gasteiger partial charge in [0.1, 0.15) is 6.29 Å². The number of hydrogen-bond donors (Lipinski definition) is 6. The third-order valence-corrected chi connectivity index (χ3v) is 15.3. The number of allylic oxidation sites excluding steroid dienone is 4. The number of aldehydes is 1. The highest BCUT2D eigenvalue weighted by Crippen LogP contribution is 2.26. The van der Waals surface area contributed by atoms with Crippen molar-refractivity contribution in [2.75, 3.05) is 86.0 Å². The van der Waals surface area contributed by atoms with Crippen LogP contribution in [0.15, 0.2) is 140 Å². The molecule has 2 heterocycles. The van der Waals surface area contributed by atoms with Gasteiger partial charge in [-0.1, -0.05) is 248 Å². The summed E-state index contributed by atoms with van der Waals surface area (Å²) in [5.74, 6) is 1.72. The molecule has 5 rings (SSSR count). The number of rotatable bonds is 30. The number of likely N-dealkylation sites (N-methyl/N-ethyl adjacent to an activating group) is 1. The standard InChI is InChI=1S/C21H41N3OS2.C14H13NO.C14H15NO.C5H10N2O2.C5H11N.C3H7NO.C2H7N.5C2H6/c1-5-23(15-11-17-25)26-18-9-7-8-10-19-27-24(6-2)16-14-21-13-12-20(3)22(21)4;16-11-15-14(12-7-3-1-4-8-12)13-9-5-2-6-10-13;1-3-8-12(4-2)14(15-11-16)13-9-6-5-7-10-13;1-4(6-2)5(9)7-3-8;1-6-4-2-3-5-6;1-2-3(4)5;1-3-2;5*1-2/h7-8,17,20-21H,5-6,9-16,18-19H2,1-4H3;1-11,14H,(H,15,16);3-11,14H,1-2H2,(H,15,16);3-4,6H,1-2H3,(H,7,8,9);2-5H2,1H3;2H2,1H3,(H2,4,5);3H,1-2H3;5*1-2H3/b8-7+;;12-8+;;;;;;;;;. The van der Waals surface area contributed by atoms with Crippen molar-refractivity contribution in [1.29, 1.82) is 0 Å². The molecule has 0 bridgehead atoms. The lowest BCUT2D eigenvalue weighted by atomic mass is 9.98. The molecule has 0 radical (unpaired) electrons. The normalized spacial score (nSPS) is 13.9. The van der Waals surface area contributed by atoms with Crippen molar-refractivity contribution in [3.8, 4) is 0 Å². The summed E-state index contributed by atoms with van der Waals surface area (Å²) in [4.78, 5) is 66.5. The van der Waals surface area contributed by atoms with Crippen LogP contribution in [0.4, 0.5) is 0 Å². The van der Waals surface area contributed by atoms with Crippen LogP contribution in [0.3, 0.4) is 0 Å². The van der Waals surface area contributed by atoms with E-state index in [2.05, 4.69) is 106 Å². The summed E-state index contributed by atoms with van der Waals surface area (Å²) < 4.78 is 4.81. The Morgan fingerprint density at radius 3 is 1.39 bits per heavy atom. The predicted octanol–water partition coefficient (Wildman–Crippen LogP) is 14.4. The van der Waals surface area contributed by atoms with Gasteiger partial charge in [-0.2, -0.15) is 0 Å². The first-order valence-electron chi connectivity index (χ1n) is 33.7. The van der Waals surface area contributed by atoms with Crippen LogP contribution in [0.2, 0.25) is 0 Å². The van der Waals surface area contributed by atoms with Crippen LogP contribution in [0, 0.1) is 0 Å².